The van der Waals surface area contributed by atoms with Crippen LogP contribution in [0, 0.1) is 6.92 Å². The van der Waals surface area contributed by atoms with E-state index in [0.717, 1.165) is 29.8 Å². The second-order valence-electron chi connectivity index (χ2n) is 3.95. The van der Waals surface area contributed by atoms with Gasteiger partial charge in [0.25, 0.3) is 0 Å². The van der Waals surface area contributed by atoms with Gasteiger partial charge in [-0.2, -0.15) is 5.10 Å². The van der Waals surface area contributed by atoms with Crippen LogP contribution in [0.25, 0.3) is 0 Å². The molecule has 0 unspecified atom stereocenters. The predicted octanol–water partition coefficient (Wildman–Crippen LogP) is 1.48. The van der Waals surface area contributed by atoms with Crippen molar-refractivity contribution in [3.63, 3.8) is 0 Å². The Morgan fingerprint density at radius 2 is 2.29 bits per heavy atom. The van der Waals surface area contributed by atoms with Gasteiger partial charge in [0.1, 0.15) is 0 Å². The first-order valence-corrected chi connectivity index (χ1v) is 6.32. The molecule has 5 nitrogen and oxygen atoms in total. The molecule has 2 aromatic heterocycles. The summed E-state index contributed by atoms with van der Waals surface area (Å²) >= 11 is 3.55. The van der Waals surface area contributed by atoms with E-state index in [1.165, 1.54) is 5.69 Å². The molecule has 0 amide bonds. The summed E-state index contributed by atoms with van der Waals surface area (Å²) in [6, 6.07) is 0. The third kappa shape index (κ3) is 2.95. The summed E-state index contributed by atoms with van der Waals surface area (Å²) in [6.45, 7) is 4.65. The summed E-state index contributed by atoms with van der Waals surface area (Å²) in [5, 5.41) is 7.75. The fourth-order valence-corrected chi connectivity index (χ4v) is 2.18. The van der Waals surface area contributed by atoms with Gasteiger partial charge in [-0.05, 0) is 22.9 Å². The second kappa shape index (κ2) is 5.46. The van der Waals surface area contributed by atoms with E-state index in [2.05, 4.69) is 35.9 Å². The molecule has 0 saturated heterocycles. The van der Waals surface area contributed by atoms with Gasteiger partial charge in [-0.25, -0.2) is 4.98 Å². The molecule has 0 atom stereocenters. The van der Waals surface area contributed by atoms with Crippen molar-refractivity contribution in [3.05, 3.63) is 34.6 Å². The van der Waals surface area contributed by atoms with Crippen LogP contribution in [0.2, 0.25) is 0 Å². The maximum Gasteiger partial charge on any atom is 0.0946 e. The van der Waals surface area contributed by atoms with Gasteiger partial charge >= 0.3 is 0 Å². The number of hydrogen-bond acceptors (Lipinski definition) is 3. The minimum Gasteiger partial charge on any atom is -0.336 e. The predicted molar refractivity (Wildman–Crippen MR) is 69.6 cm³/mol. The van der Waals surface area contributed by atoms with E-state index in [1.54, 1.807) is 6.20 Å². The average Bonchev–Trinajstić information content (AvgIpc) is 2.87. The Hall–Kier alpha value is -1.14. The van der Waals surface area contributed by atoms with Gasteiger partial charge in [0, 0.05) is 39.1 Å². The van der Waals surface area contributed by atoms with Gasteiger partial charge in [0.05, 0.1) is 22.2 Å². The van der Waals surface area contributed by atoms with Gasteiger partial charge in [-0.1, -0.05) is 0 Å². The first kappa shape index (κ1) is 12.3. The third-order valence-corrected chi connectivity index (χ3v) is 3.69. The van der Waals surface area contributed by atoms with E-state index >= 15 is 0 Å². The highest BCUT2D eigenvalue weighted by Gasteiger charge is 2.09. The maximum atomic E-state index is 4.35. The Bertz CT molecular complexity index is 474. The van der Waals surface area contributed by atoms with Crippen molar-refractivity contribution in [2.24, 2.45) is 7.05 Å². The first-order valence-electron chi connectivity index (χ1n) is 5.53. The van der Waals surface area contributed by atoms with Crippen molar-refractivity contribution < 1.29 is 0 Å². The normalized spacial score (nSPS) is 11.0. The minimum atomic E-state index is 0.812. The molecule has 0 aromatic carbocycles. The Labute approximate surface area is 109 Å². The summed E-state index contributed by atoms with van der Waals surface area (Å²) in [7, 11) is 1.96. The Morgan fingerprint density at radius 1 is 1.47 bits per heavy atom. The van der Waals surface area contributed by atoms with Crippen LogP contribution in [-0.4, -0.2) is 25.9 Å². The lowest BCUT2D eigenvalue weighted by Gasteiger charge is -2.06. The number of nitrogens with one attached hydrogen (secondary N) is 1. The van der Waals surface area contributed by atoms with E-state index in [9.17, 15) is 0 Å². The van der Waals surface area contributed by atoms with Crippen molar-refractivity contribution in [2.45, 2.75) is 20.0 Å². The zero-order valence-electron chi connectivity index (χ0n) is 10.0. The van der Waals surface area contributed by atoms with Crippen LogP contribution in [0.4, 0.5) is 0 Å². The number of nitrogens with zero attached hydrogens (tertiary/aromatic N) is 4. The molecule has 0 aliphatic heterocycles. The molecule has 92 valence electrons. The van der Waals surface area contributed by atoms with Gasteiger partial charge in [-0.15, -0.1) is 0 Å². The lowest BCUT2D eigenvalue weighted by atomic mass is 10.3. The summed E-state index contributed by atoms with van der Waals surface area (Å²) in [5.74, 6) is 0. The summed E-state index contributed by atoms with van der Waals surface area (Å²) in [6.07, 6.45) is 5.58. The van der Waals surface area contributed by atoms with Crippen molar-refractivity contribution in [3.8, 4) is 0 Å². The van der Waals surface area contributed by atoms with Gasteiger partial charge in [0.2, 0.25) is 0 Å². The molecule has 2 heterocycles. The van der Waals surface area contributed by atoms with Crippen LogP contribution in [-0.2, 0) is 20.1 Å². The largest absolute Gasteiger partial charge is 0.336 e. The Balaban J connectivity index is 1.82. The smallest absolute Gasteiger partial charge is 0.0946 e. The van der Waals surface area contributed by atoms with Crippen LogP contribution in [0.1, 0.15) is 11.4 Å². The molecule has 2 aromatic rings. The zero-order chi connectivity index (χ0) is 12.3. The Morgan fingerprint density at radius 3 is 2.88 bits per heavy atom. The molecule has 2 rings (SSSR count). The molecule has 6 heteroatoms. The molecular formula is C11H16BrN5. The van der Waals surface area contributed by atoms with Gasteiger partial charge < -0.3 is 9.88 Å². The second-order valence-corrected chi connectivity index (χ2v) is 4.74. The summed E-state index contributed by atoms with van der Waals surface area (Å²) in [5.41, 5.74) is 2.20. The van der Waals surface area contributed by atoms with E-state index < -0.39 is 0 Å². The molecule has 0 fully saturated rings. The molecule has 0 spiro atoms. The van der Waals surface area contributed by atoms with Crippen molar-refractivity contribution in [2.75, 3.05) is 6.54 Å². The first-order chi connectivity index (χ1) is 8.18. The van der Waals surface area contributed by atoms with Crippen LogP contribution in [0.3, 0.4) is 0 Å². The van der Waals surface area contributed by atoms with E-state index in [4.69, 9.17) is 0 Å². The molecule has 0 radical (unpaired) electrons. The van der Waals surface area contributed by atoms with E-state index in [1.807, 2.05) is 31.2 Å². The van der Waals surface area contributed by atoms with Gasteiger partial charge in [0.15, 0.2) is 0 Å². The third-order valence-electron chi connectivity index (χ3n) is 2.66. The molecule has 1 N–H and O–H groups in total. The highest BCUT2D eigenvalue weighted by molar-refractivity contribution is 9.10. The molecule has 0 bridgehead atoms. The summed E-state index contributed by atoms with van der Waals surface area (Å²) in [4.78, 5) is 4.00. The van der Waals surface area contributed by atoms with Crippen LogP contribution in [0.5, 0.6) is 0 Å². The number of hydrogen-bond donors (Lipinski definition) is 1. The standard InChI is InChI=1S/C11H16BrN5/c1-9-11(12)10(16(2)15-9)7-13-3-5-17-6-4-14-8-17/h4,6,8,13H,3,5,7H2,1-2H3. The molecule has 0 saturated carbocycles. The zero-order valence-corrected chi connectivity index (χ0v) is 11.6. The number of aromatic nitrogens is 4. The monoisotopic (exact) mass is 297 g/mol. The van der Waals surface area contributed by atoms with Crippen LogP contribution < -0.4 is 5.32 Å². The SMILES string of the molecule is Cc1nn(C)c(CNCCn2ccnc2)c1Br. The molecule has 0 aliphatic carbocycles. The fourth-order valence-electron chi connectivity index (χ4n) is 1.71. The van der Waals surface area contributed by atoms with Crippen LogP contribution >= 0.6 is 15.9 Å². The van der Waals surface area contributed by atoms with Crippen molar-refractivity contribution >= 4 is 15.9 Å². The minimum absolute atomic E-state index is 0.812. The maximum absolute atomic E-state index is 4.35. The summed E-state index contributed by atoms with van der Waals surface area (Å²) < 4.78 is 5.05. The molecule has 0 aliphatic rings. The molecule has 17 heavy (non-hydrogen) atoms. The Kier molecular flexibility index (Phi) is 3.96. The van der Waals surface area contributed by atoms with Crippen molar-refractivity contribution in [1.82, 2.24) is 24.6 Å². The number of imidazole rings is 1. The quantitative estimate of drug-likeness (QED) is 0.851. The van der Waals surface area contributed by atoms with Crippen molar-refractivity contribution in [1.29, 1.82) is 0 Å². The number of halogens is 1. The molecular weight excluding hydrogens is 282 g/mol. The van der Waals surface area contributed by atoms with Gasteiger partial charge in [-0.3, -0.25) is 4.68 Å². The average molecular weight is 298 g/mol. The highest BCUT2D eigenvalue weighted by atomic mass is 79.9. The van der Waals surface area contributed by atoms with Crippen LogP contribution in [0.15, 0.2) is 23.2 Å². The van der Waals surface area contributed by atoms with E-state index in [0.29, 0.717) is 0 Å². The van der Waals surface area contributed by atoms with E-state index in [-0.39, 0.29) is 0 Å². The fraction of sp³-hybridized carbons (Fsp3) is 0.455. The lowest BCUT2D eigenvalue weighted by Crippen LogP contribution is -2.20. The number of rotatable bonds is 5. The number of aryl methyl sites for hydroxylation is 2. The lowest BCUT2D eigenvalue weighted by molar-refractivity contribution is 0.573. The highest BCUT2D eigenvalue weighted by Crippen LogP contribution is 2.19. The topological polar surface area (TPSA) is 47.7 Å².